The number of nitrogens with zero attached hydrogens (tertiary/aromatic N) is 2. The molecule has 150 valence electrons. The first-order valence-corrected chi connectivity index (χ1v) is 10.00. The molecule has 0 aliphatic rings. The van der Waals surface area contributed by atoms with Crippen LogP contribution in [0.2, 0.25) is 0 Å². The molecule has 0 saturated carbocycles. The summed E-state index contributed by atoms with van der Waals surface area (Å²) in [7, 11) is 1.31. The van der Waals surface area contributed by atoms with Gasteiger partial charge in [-0.2, -0.15) is 0 Å². The highest BCUT2D eigenvalue weighted by Crippen LogP contribution is 2.18. The van der Waals surface area contributed by atoms with Crippen molar-refractivity contribution in [2.75, 3.05) is 19.5 Å². The molecule has 0 atom stereocenters. The molecular weight excluding hydrogens is 392 g/mol. The fourth-order valence-electron chi connectivity index (χ4n) is 2.69. The Labute approximate surface area is 171 Å². The van der Waals surface area contributed by atoms with Crippen LogP contribution in [0.15, 0.2) is 64.5 Å². The molecule has 0 saturated heterocycles. The van der Waals surface area contributed by atoms with Crippen LogP contribution in [0.25, 0.3) is 10.9 Å². The molecule has 8 heteroatoms. The number of benzene rings is 2. The number of methoxy groups -OCH3 is 1. The van der Waals surface area contributed by atoms with E-state index in [1.807, 2.05) is 12.1 Å². The summed E-state index contributed by atoms with van der Waals surface area (Å²) < 4.78 is 11.4. The first-order valence-electron chi connectivity index (χ1n) is 9.01. The lowest BCUT2D eigenvalue weighted by Gasteiger charge is -2.12. The van der Waals surface area contributed by atoms with Crippen molar-refractivity contribution in [2.45, 2.75) is 18.1 Å². The van der Waals surface area contributed by atoms with E-state index in [1.54, 1.807) is 42.5 Å². The zero-order chi connectivity index (χ0) is 20.6. The van der Waals surface area contributed by atoms with Gasteiger partial charge in [0.2, 0.25) is 0 Å². The molecule has 0 radical (unpaired) electrons. The third-order valence-corrected chi connectivity index (χ3v) is 5.09. The molecule has 0 aliphatic heterocycles. The first kappa shape index (κ1) is 20.6. The van der Waals surface area contributed by atoms with E-state index in [9.17, 15) is 14.4 Å². The molecule has 0 N–H and O–H groups in total. The van der Waals surface area contributed by atoms with Crippen LogP contribution in [0.1, 0.15) is 16.8 Å². The van der Waals surface area contributed by atoms with Gasteiger partial charge in [0.1, 0.15) is 6.61 Å². The van der Waals surface area contributed by atoms with Crippen LogP contribution in [0.3, 0.4) is 0 Å². The number of carbonyl (C=O) groups excluding carboxylic acids is 2. The number of esters is 2. The first-order chi connectivity index (χ1) is 14.1. The Morgan fingerprint density at radius 1 is 1.07 bits per heavy atom. The van der Waals surface area contributed by atoms with Gasteiger partial charge in [0.15, 0.2) is 5.16 Å². The highest BCUT2D eigenvalue weighted by Gasteiger charge is 2.13. The number of ether oxygens (including phenoxy) is 2. The van der Waals surface area contributed by atoms with Crippen molar-refractivity contribution in [3.8, 4) is 0 Å². The fourth-order valence-corrected chi connectivity index (χ4v) is 3.53. The Bertz CT molecular complexity index is 1070. The molecule has 1 aromatic heterocycles. The van der Waals surface area contributed by atoms with E-state index in [2.05, 4.69) is 9.72 Å². The summed E-state index contributed by atoms with van der Waals surface area (Å²) >= 11 is 1.30. The normalized spacial score (nSPS) is 10.7. The molecule has 29 heavy (non-hydrogen) atoms. The minimum atomic E-state index is -0.405. The quantitative estimate of drug-likeness (QED) is 0.243. The number of para-hydroxylation sites is 1. The number of rotatable bonds is 8. The zero-order valence-corrected chi connectivity index (χ0v) is 16.7. The Morgan fingerprint density at radius 3 is 2.55 bits per heavy atom. The highest BCUT2D eigenvalue weighted by molar-refractivity contribution is 7.99. The number of aromatic nitrogens is 2. The monoisotopic (exact) mass is 412 g/mol. The zero-order valence-electron chi connectivity index (χ0n) is 15.9. The predicted octanol–water partition coefficient (Wildman–Crippen LogP) is 2.91. The van der Waals surface area contributed by atoms with Crippen LogP contribution in [-0.4, -0.2) is 41.0 Å². The van der Waals surface area contributed by atoms with Crippen LogP contribution in [0.4, 0.5) is 0 Å². The standard InChI is InChI=1S/C21H20N2O5S/c1-27-18(24)11-12-23-19(25)16-9-5-6-10-17(16)22-21(23)29-14-13-28-20(26)15-7-3-2-4-8-15/h2-10H,11-14H2,1H3. The van der Waals surface area contributed by atoms with Crippen molar-refractivity contribution in [3.63, 3.8) is 0 Å². The van der Waals surface area contributed by atoms with Crippen molar-refractivity contribution in [1.29, 1.82) is 0 Å². The molecule has 0 fully saturated rings. The molecule has 1 heterocycles. The molecule has 3 aromatic rings. The van der Waals surface area contributed by atoms with Crippen molar-refractivity contribution in [1.82, 2.24) is 9.55 Å². The smallest absolute Gasteiger partial charge is 0.338 e. The Kier molecular flexibility index (Phi) is 7.02. The topological polar surface area (TPSA) is 87.5 Å². The molecular formula is C21H20N2O5S. The summed E-state index contributed by atoms with van der Waals surface area (Å²) in [5.74, 6) is -0.389. The second kappa shape index (κ2) is 9.88. The lowest BCUT2D eigenvalue weighted by molar-refractivity contribution is -0.140. The molecule has 0 spiro atoms. The third kappa shape index (κ3) is 5.23. The van der Waals surface area contributed by atoms with E-state index in [1.165, 1.54) is 23.4 Å². The van der Waals surface area contributed by atoms with Crippen LogP contribution in [-0.2, 0) is 20.8 Å². The third-order valence-electron chi connectivity index (χ3n) is 4.15. The van der Waals surface area contributed by atoms with Crippen LogP contribution < -0.4 is 5.56 Å². The van der Waals surface area contributed by atoms with Gasteiger partial charge in [-0.25, -0.2) is 9.78 Å². The molecule has 0 aliphatic carbocycles. The SMILES string of the molecule is COC(=O)CCn1c(SCCOC(=O)c2ccccc2)nc2ccccc2c1=O. The molecule has 2 aromatic carbocycles. The number of carbonyl (C=O) groups is 2. The summed E-state index contributed by atoms with van der Waals surface area (Å²) in [6.45, 7) is 0.327. The van der Waals surface area contributed by atoms with Gasteiger partial charge in [-0.1, -0.05) is 42.1 Å². The maximum Gasteiger partial charge on any atom is 0.338 e. The number of hydrogen-bond acceptors (Lipinski definition) is 7. The Morgan fingerprint density at radius 2 is 1.79 bits per heavy atom. The summed E-state index contributed by atoms with van der Waals surface area (Å²) in [6, 6.07) is 15.8. The summed E-state index contributed by atoms with van der Waals surface area (Å²) in [4.78, 5) is 40.9. The van der Waals surface area contributed by atoms with Crippen molar-refractivity contribution >= 4 is 34.6 Å². The predicted molar refractivity (Wildman–Crippen MR) is 110 cm³/mol. The average molecular weight is 412 g/mol. The van der Waals surface area contributed by atoms with Crippen LogP contribution >= 0.6 is 11.8 Å². The largest absolute Gasteiger partial charge is 0.469 e. The lowest BCUT2D eigenvalue weighted by Crippen LogP contribution is -2.25. The number of hydrogen-bond donors (Lipinski definition) is 0. The van der Waals surface area contributed by atoms with E-state index in [0.29, 0.717) is 27.4 Å². The van der Waals surface area contributed by atoms with E-state index >= 15 is 0 Å². The Balaban J connectivity index is 1.72. The summed E-state index contributed by atoms with van der Waals surface area (Å²) in [5, 5.41) is 0.950. The van der Waals surface area contributed by atoms with Gasteiger partial charge >= 0.3 is 11.9 Å². The molecule has 3 rings (SSSR count). The van der Waals surface area contributed by atoms with Gasteiger partial charge in [0.05, 0.1) is 30.0 Å². The van der Waals surface area contributed by atoms with Gasteiger partial charge in [0.25, 0.3) is 5.56 Å². The van der Waals surface area contributed by atoms with E-state index in [4.69, 9.17) is 4.74 Å². The average Bonchev–Trinajstić information content (AvgIpc) is 2.76. The van der Waals surface area contributed by atoms with Gasteiger partial charge < -0.3 is 9.47 Å². The van der Waals surface area contributed by atoms with Crippen molar-refractivity contribution in [3.05, 3.63) is 70.5 Å². The molecule has 0 amide bonds. The molecule has 0 unspecified atom stereocenters. The van der Waals surface area contributed by atoms with E-state index in [-0.39, 0.29) is 25.1 Å². The lowest BCUT2D eigenvalue weighted by atomic mass is 10.2. The maximum absolute atomic E-state index is 12.8. The van der Waals surface area contributed by atoms with E-state index in [0.717, 1.165) is 0 Å². The van der Waals surface area contributed by atoms with Crippen molar-refractivity contribution in [2.24, 2.45) is 0 Å². The van der Waals surface area contributed by atoms with Crippen molar-refractivity contribution < 1.29 is 19.1 Å². The minimum Gasteiger partial charge on any atom is -0.469 e. The minimum absolute atomic E-state index is 0.0625. The highest BCUT2D eigenvalue weighted by atomic mass is 32.2. The van der Waals surface area contributed by atoms with E-state index < -0.39 is 11.9 Å². The number of fused-ring (bicyclic) bond motifs is 1. The number of thioether (sulfide) groups is 1. The van der Waals surface area contributed by atoms with Crippen LogP contribution in [0, 0.1) is 0 Å². The second-order valence-corrected chi connectivity index (χ2v) is 7.11. The molecule has 7 nitrogen and oxygen atoms in total. The van der Waals surface area contributed by atoms with Gasteiger partial charge in [0, 0.05) is 12.3 Å². The maximum atomic E-state index is 12.8. The second-order valence-electron chi connectivity index (χ2n) is 6.04. The fraction of sp³-hybridized carbons (Fsp3) is 0.238. The van der Waals surface area contributed by atoms with Gasteiger partial charge in [-0.05, 0) is 24.3 Å². The summed E-state index contributed by atoms with van der Waals surface area (Å²) in [6.07, 6.45) is 0.0625. The van der Waals surface area contributed by atoms with Gasteiger partial charge in [-0.15, -0.1) is 0 Å². The molecule has 0 bridgehead atoms. The summed E-state index contributed by atoms with van der Waals surface area (Å²) in [5.41, 5.74) is 0.843. The Hall–Kier alpha value is -3.13. The van der Waals surface area contributed by atoms with Gasteiger partial charge in [-0.3, -0.25) is 14.2 Å². The van der Waals surface area contributed by atoms with Crippen LogP contribution in [0.5, 0.6) is 0 Å².